The van der Waals surface area contributed by atoms with E-state index in [9.17, 15) is 14.4 Å². The van der Waals surface area contributed by atoms with Crippen molar-refractivity contribution in [3.63, 3.8) is 0 Å². The molecule has 1 saturated heterocycles. The molecule has 4 rings (SSSR count). The summed E-state index contributed by atoms with van der Waals surface area (Å²) in [5.74, 6) is -0.932. The maximum Gasteiger partial charge on any atom is 0.325 e. The Morgan fingerprint density at radius 2 is 1.87 bits per heavy atom. The average Bonchev–Trinajstić information content (AvgIpc) is 3.27. The lowest BCUT2D eigenvalue weighted by Gasteiger charge is -2.22. The van der Waals surface area contributed by atoms with Crippen molar-refractivity contribution < 1.29 is 14.4 Å². The zero-order valence-electron chi connectivity index (χ0n) is 17.9. The molecule has 0 saturated carbocycles. The smallest absolute Gasteiger partial charge is 0.319 e. The first kappa shape index (κ1) is 21.0. The second-order valence-corrected chi connectivity index (χ2v) is 9.70. The summed E-state index contributed by atoms with van der Waals surface area (Å²) in [5.41, 5.74) is 0.169. The van der Waals surface area contributed by atoms with Crippen molar-refractivity contribution in [2.45, 2.75) is 38.6 Å². The number of hydrogen-bond donors (Lipinski definition) is 2. The lowest BCUT2D eigenvalue weighted by molar-refractivity contribution is -0.133. The fraction of sp³-hybridized carbons (Fsp3) is 0.304. The Morgan fingerprint density at radius 3 is 2.55 bits per heavy atom. The van der Waals surface area contributed by atoms with Crippen LogP contribution < -0.4 is 10.6 Å². The van der Waals surface area contributed by atoms with E-state index in [0.29, 0.717) is 10.7 Å². The predicted octanol–water partition coefficient (Wildman–Crippen LogP) is 4.00. The summed E-state index contributed by atoms with van der Waals surface area (Å²) < 4.78 is 0. The summed E-state index contributed by atoms with van der Waals surface area (Å²) in [7, 11) is 0. The van der Waals surface area contributed by atoms with Crippen molar-refractivity contribution in [1.82, 2.24) is 15.2 Å². The Hall–Kier alpha value is -3.26. The van der Waals surface area contributed by atoms with Gasteiger partial charge in [-0.15, -0.1) is 11.3 Å². The van der Waals surface area contributed by atoms with Crippen LogP contribution in [0, 0.1) is 0 Å². The first-order chi connectivity index (χ1) is 14.6. The molecule has 1 fully saturated rings. The molecule has 0 aliphatic carbocycles. The third-order valence-electron chi connectivity index (χ3n) is 5.42. The number of fused-ring (bicyclic) bond motifs is 1. The van der Waals surface area contributed by atoms with Gasteiger partial charge in [0.05, 0.1) is 5.69 Å². The van der Waals surface area contributed by atoms with Crippen molar-refractivity contribution in [3.05, 3.63) is 59.1 Å². The van der Waals surface area contributed by atoms with Crippen molar-refractivity contribution in [3.8, 4) is 0 Å². The van der Waals surface area contributed by atoms with E-state index in [1.807, 2.05) is 68.6 Å². The van der Waals surface area contributed by atoms with E-state index in [2.05, 4.69) is 15.6 Å². The Labute approximate surface area is 184 Å². The standard InChI is InChI=1S/C23H24N4O3S/c1-22(2,3)17-13-31-20(24-17)25-18(28)12-27-19(29)23(4,26-21(27)30)16-10-9-14-7-5-6-8-15(14)11-16/h5-11,13H,12H2,1-4H3,(H,26,30)(H,24,25,28). The topological polar surface area (TPSA) is 91.4 Å². The van der Waals surface area contributed by atoms with E-state index in [1.165, 1.54) is 11.3 Å². The third kappa shape index (κ3) is 3.90. The third-order valence-corrected chi connectivity index (χ3v) is 6.18. The number of hydrogen-bond acceptors (Lipinski definition) is 5. The first-order valence-corrected chi connectivity index (χ1v) is 10.9. The highest BCUT2D eigenvalue weighted by Gasteiger charge is 2.49. The SMILES string of the molecule is CC(C)(C)c1csc(NC(=O)CN2C(=O)NC(C)(c3ccc4ccccc4c3)C2=O)n1. The van der Waals surface area contributed by atoms with Gasteiger partial charge in [0.1, 0.15) is 12.1 Å². The van der Waals surface area contributed by atoms with Gasteiger partial charge in [0.25, 0.3) is 5.91 Å². The van der Waals surface area contributed by atoms with Gasteiger partial charge in [0.2, 0.25) is 5.91 Å². The normalized spacial score (nSPS) is 19.0. The fourth-order valence-electron chi connectivity index (χ4n) is 3.51. The number of amides is 4. The van der Waals surface area contributed by atoms with Crippen LogP contribution in [0.3, 0.4) is 0 Å². The van der Waals surface area contributed by atoms with E-state index >= 15 is 0 Å². The van der Waals surface area contributed by atoms with Gasteiger partial charge < -0.3 is 10.6 Å². The molecule has 1 aromatic heterocycles. The highest BCUT2D eigenvalue weighted by atomic mass is 32.1. The van der Waals surface area contributed by atoms with Crippen molar-refractivity contribution in [2.24, 2.45) is 0 Å². The van der Waals surface area contributed by atoms with Gasteiger partial charge in [-0.2, -0.15) is 0 Å². The first-order valence-electron chi connectivity index (χ1n) is 9.97. The minimum absolute atomic E-state index is 0.133. The van der Waals surface area contributed by atoms with Crippen LogP contribution in [-0.4, -0.2) is 34.3 Å². The maximum absolute atomic E-state index is 13.1. The second kappa shape index (κ2) is 7.46. The van der Waals surface area contributed by atoms with Gasteiger partial charge in [-0.05, 0) is 29.3 Å². The molecular formula is C23H24N4O3S. The number of thiazole rings is 1. The molecule has 1 aliphatic rings. The number of urea groups is 1. The van der Waals surface area contributed by atoms with Crippen LogP contribution in [0.5, 0.6) is 0 Å². The Morgan fingerprint density at radius 1 is 1.16 bits per heavy atom. The van der Waals surface area contributed by atoms with E-state index in [0.717, 1.165) is 21.4 Å². The lowest BCUT2D eigenvalue weighted by Crippen LogP contribution is -2.42. The van der Waals surface area contributed by atoms with Crippen LogP contribution in [0.25, 0.3) is 10.8 Å². The molecule has 3 aromatic rings. The number of nitrogens with zero attached hydrogens (tertiary/aromatic N) is 2. The zero-order valence-corrected chi connectivity index (χ0v) is 18.7. The van der Waals surface area contributed by atoms with E-state index in [-0.39, 0.29) is 12.0 Å². The molecule has 1 aliphatic heterocycles. The molecule has 1 unspecified atom stereocenters. The molecule has 2 aromatic carbocycles. The number of anilines is 1. The molecule has 0 spiro atoms. The van der Waals surface area contributed by atoms with E-state index in [1.54, 1.807) is 6.92 Å². The van der Waals surface area contributed by atoms with Crippen molar-refractivity contribution in [2.75, 3.05) is 11.9 Å². The van der Waals surface area contributed by atoms with Crippen LogP contribution in [0.2, 0.25) is 0 Å². The monoisotopic (exact) mass is 436 g/mol. The molecule has 31 heavy (non-hydrogen) atoms. The average molecular weight is 437 g/mol. The second-order valence-electron chi connectivity index (χ2n) is 8.84. The Balaban J connectivity index is 1.51. The largest absolute Gasteiger partial charge is 0.325 e. The van der Waals surface area contributed by atoms with Crippen LogP contribution in [0.4, 0.5) is 9.93 Å². The van der Waals surface area contributed by atoms with Gasteiger partial charge in [-0.25, -0.2) is 9.78 Å². The van der Waals surface area contributed by atoms with Gasteiger partial charge in [0.15, 0.2) is 5.13 Å². The molecule has 2 N–H and O–H groups in total. The number of carbonyl (C=O) groups excluding carboxylic acids is 3. The minimum Gasteiger partial charge on any atom is -0.319 e. The number of carbonyl (C=O) groups is 3. The minimum atomic E-state index is -1.23. The van der Waals surface area contributed by atoms with Crippen LogP contribution >= 0.6 is 11.3 Å². The molecule has 7 nitrogen and oxygen atoms in total. The summed E-state index contributed by atoms with van der Waals surface area (Å²) in [6.45, 7) is 7.39. The summed E-state index contributed by atoms with van der Waals surface area (Å²) >= 11 is 1.31. The maximum atomic E-state index is 13.1. The zero-order chi connectivity index (χ0) is 22.4. The Bertz CT molecular complexity index is 1200. The van der Waals surface area contributed by atoms with Gasteiger partial charge in [-0.3, -0.25) is 14.5 Å². The van der Waals surface area contributed by atoms with Crippen molar-refractivity contribution in [1.29, 1.82) is 0 Å². The molecule has 1 atom stereocenters. The fourth-order valence-corrected chi connectivity index (χ4v) is 4.47. The quantitative estimate of drug-likeness (QED) is 0.605. The predicted molar refractivity (Wildman–Crippen MR) is 121 cm³/mol. The van der Waals surface area contributed by atoms with Gasteiger partial charge in [0, 0.05) is 10.8 Å². The molecule has 0 radical (unpaired) electrons. The number of nitrogens with one attached hydrogen (secondary N) is 2. The van der Waals surface area contributed by atoms with Crippen molar-refractivity contribution >= 4 is 45.1 Å². The Kier molecular flexibility index (Phi) is 5.05. The molecule has 4 amide bonds. The van der Waals surface area contributed by atoms with Crippen LogP contribution in [0.1, 0.15) is 39.0 Å². The molecular weight excluding hydrogens is 412 g/mol. The summed E-state index contributed by atoms with van der Waals surface area (Å²) in [5, 5.41) is 9.78. The number of imide groups is 1. The summed E-state index contributed by atoms with van der Waals surface area (Å²) in [6.07, 6.45) is 0. The molecule has 8 heteroatoms. The summed E-state index contributed by atoms with van der Waals surface area (Å²) in [4.78, 5) is 43.6. The van der Waals surface area contributed by atoms with Gasteiger partial charge in [-0.1, -0.05) is 57.2 Å². The number of rotatable bonds is 4. The van der Waals surface area contributed by atoms with E-state index in [4.69, 9.17) is 0 Å². The molecule has 160 valence electrons. The summed E-state index contributed by atoms with van der Waals surface area (Å²) in [6, 6.07) is 12.8. The number of aromatic nitrogens is 1. The van der Waals surface area contributed by atoms with Gasteiger partial charge >= 0.3 is 6.03 Å². The highest BCUT2D eigenvalue weighted by molar-refractivity contribution is 7.14. The highest BCUT2D eigenvalue weighted by Crippen LogP contribution is 2.31. The lowest BCUT2D eigenvalue weighted by atomic mass is 9.90. The molecule has 2 heterocycles. The van der Waals surface area contributed by atoms with E-state index < -0.39 is 23.4 Å². The molecule has 0 bridgehead atoms. The van der Waals surface area contributed by atoms with Crippen LogP contribution in [-0.2, 0) is 20.5 Å². The van der Waals surface area contributed by atoms with Crippen LogP contribution in [0.15, 0.2) is 47.8 Å². The number of benzene rings is 2.